The summed E-state index contributed by atoms with van der Waals surface area (Å²) in [6.07, 6.45) is 7.08. The summed E-state index contributed by atoms with van der Waals surface area (Å²) in [5.41, 5.74) is 30.4. The van der Waals surface area contributed by atoms with Crippen LogP contribution in [0.25, 0.3) is 32.3 Å². The summed E-state index contributed by atoms with van der Waals surface area (Å²) in [5, 5.41) is 1.40. The van der Waals surface area contributed by atoms with Gasteiger partial charge in [0, 0.05) is 43.2 Å². The number of anilines is 6. The van der Waals surface area contributed by atoms with Gasteiger partial charge in [-0.05, 0) is 231 Å². The molecule has 0 amide bonds. The number of hydrogen-bond donors (Lipinski definition) is 0. The Kier molecular flexibility index (Phi) is 10.7. The van der Waals surface area contributed by atoms with Crippen LogP contribution in [0.15, 0.2) is 115 Å². The van der Waals surface area contributed by atoms with Gasteiger partial charge in [-0.2, -0.15) is 0 Å². The molecular formula is C72H79BN2S. The summed E-state index contributed by atoms with van der Waals surface area (Å²) in [5.74, 6) is 0. The number of aryl methyl sites for hydroxylation is 4. The van der Waals surface area contributed by atoms with E-state index < -0.39 is 0 Å². The average Bonchev–Trinajstić information content (AvgIpc) is 3.95. The molecule has 13 rings (SSSR count). The predicted molar refractivity (Wildman–Crippen MR) is 332 cm³/mol. The minimum absolute atomic E-state index is 0.0137. The van der Waals surface area contributed by atoms with Gasteiger partial charge in [-0.1, -0.05) is 149 Å². The number of thiophene rings is 1. The SMILES string of the molecule is Cc1cc(C)c(-c2ccc3c(c2)N(c2cc4c(cc2-c2ccccc2)C(C)(C)CCC4(C)C)c2cc(C)cc4c2B3c2sc3cc5c(cc3c2N4c2ccc3c(c2)C(C)(C)CCC3(C)C)C(C)(C)CCC5(C)C)c(C)c1. The number of benzene rings is 7. The van der Waals surface area contributed by atoms with Gasteiger partial charge in [0.1, 0.15) is 0 Å². The molecule has 4 heteroatoms. The van der Waals surface area contributed by atoms with Crippen LogP contribution in [-0.4, -0.2) is 6.71 Å². The molecule has 0 bridgehead atoms. The highest BCUT2D eigenvalue weighted by Crippen LogP contribution is 2.57. The van der Waals surface area contributed by atoms with Crippen molar-refractivity contribution in [2.75, 3.05) is 9.80 Å². The number of rotatable bonds is 4. The molecule has 0 unspecified atom stereocenters. The fourth-order valence-electron chi connectivity index (χ4n) is 15.3. The molecule has 0 atom stereocenters. The first-order valence-electron chi connectivity index (χ1n) is 28.7. The Morgan fingerprint density at radius 1 is 0.421 bits per heavy atom. The van der Waals surface area contributed by atoms with Crippen molar-refractivity contribution in [3.63, 3.8) is 0 Å². The molecule has 76 heavy (non-hydrogen) atoms. The van der Waals surface area contributed by atoms with Crippen LogP contribution in [0.3, 0.4) is 0 Å². The van der Waals surface area contributed by atoms with E-state index in [-0.39, 0.29) is 39.2 Å². The highest BCUT2D eigenvalue weighted by atomic mass is 32.1. The summed E-state index contributed by atoms with van der Waals surface area (Å²) in [6, 6.07) is 47.0. The molecule has 3 heterocycles. The van der Waals surface area contributed by atoms with E-state index in [1.807, 2.05) is 0 Å². The molecule has 7 aromatic carbocycles. The zero-order chi connectivity index (χ0) is 53.6. The predicted octanol–water partition coefficient (Wildman–Crippen LogP) is 18.6. The highest BCUT2D eigenvalue weighted by molar-refractivity contribution is 7.33. The largest absolute Gasteiger partial charge is 0.311 e. The van der Waals surface area contributed by atoms with Gasteiger partial charge in [0.25, 0.3) is 6.71 Å². The minimum atomic E-state index is 0.0137. The molecular weight excluding hydrogens is 936 g/mol. The lowest BCUT2D eigenvalue weighted by Gasteiger charge is -2.46. The quantitative estimate of drug-likeness (QED) is 0.162. The Balaban J connectivity index is 1.17. The molecule has 3 aliphatic carbocycles. The third-order valence-electron chi connectivity index (χ3n) is 20.1. The lowest BCUT2D eigenvalue weighted by molar-refractivity contribution is 0.332. The van der Waals surface area contributed by atoms with Crippen LogP contribution in [0.5, 0.6) is 0 Å². The standard InChI is InChI=1S/C72H79BN2S/c1-42-32-44(3)63(45(4)33-42)47-22-25-57-59(36-47)75(58-40-55-53(69(9,10)28-30-71(55,13)14)38-49(58)46-20-18-17-19-21-46)61-35-43(2)34-60-64(61)73(57)66-65(50-39-54-56(41-62(50)76-66)72(15,16)31-29-70(54,11)12)74(60)48-23-24-51-52(37-48)68(7,8)27-26-67(51,5)6/h17-25,32-41H,26-31H2,1-16H3. The van der Waals surface area contributed by atoms with Crippen LogP contribution in [0.4, 0.5) is 34.1 Å². The van der Waals surface area contributed by atoms with Crippen LogP contribution < -0.4 is 25.5 Å². The van der Waals surface area contributed by atoms with E-state index in [0.717, 1.165) is 6.42 Å². The number of hydrogen-bond acceptors (Lipinski definition) is 3. The summed E-state index contributed by atoms with van der Waals surface area (Å²) in [6.45, 7) is 39.0. The van der Waals surface area contributed by atoms with Crippen LogP contribution in [0, 0.1) is 27.7 Å². The Bertz CT molecular complexity index is 3760. The third kappa shape index (κ3) is 7.31. The Labute approximate surface area is 460 Å². The van der Waals surface area contributed by atoms with Gasteiger partial charge >= 0.3 is 0 Å². The van der Waals surface area contributed by atoms with E-state index in [4.69, 9.17) is 0 Å². The lowest BCUT2D eigenvalue weighted by Crippen LogP contribution is -2.60. The Morgan fingerprint density at radius 3 is 1.54 bits per heavy atom. The summed E-state index contributed by atoms with van der Waals surface area (Å²) >= 11 is 2.07. The van der Waals surface area contributed by atoms with Crippen LogP contribution in [0.1, 0.15) is 177 Å². The van der Waals surface area contributed by atoms with Crippen LogP contribution >= 0.6 is 11.3 Å². The van der Waals surface area contributed by atoms with E-state index >= 15 is 0 Å². The molecule has 0 radical (unpaired) electrons. The van der Waals surface area contributed by atoms with Crippen molar-refractivity contribution in [3.05, 3.63) is 171 Å². The van der Waals surface area contributed by atoms with Crippen molar-refractivity contribution in [2.45, 2.75) is 182 Å². The van der Waals surface area contributed by atoms with Crippen LogP contribution in [0.2, 0.25) is 0 Å². The second-order valence-corrected chi connectivity index (χ2v) is 29.5. The van der Waals surface area contributed by atoms with Gasteiger partial charge in [0.15, 0.2) is 0 Å². The van der Waals surface area contributed by atoms with Crippen molar-refractivity contribution >= 4 is 78.0 Å². The van der Waals surface area contributed by atoms with E-state index in [2.05, 4.69) is 247 Å². The third-order valence-corrected chi connectivity index (χ3v) is 21.3. The molecule has 0 N–H and O–H groups in total. The second kappa shape index (κ2) is 16.4. The van der Waals surface area contributed by atoms with Crippen LogP contribution in [-0.2, 0) is 32.5 Å². The maximum absolute atomic E-state index is 2.76. The Hall–Kier alpha value is -5.84. The minimum Gasteiger partial charge on any atom is -0.311 e. The molecule has 1 aromatic heterocycles. The van der Waals surface area contributed by atoms with E-state index in [0.29, 0.717) is 0 Å². The van der Waals surface area contributed by atoms with Crippen molar-refractivity contribution < 1.29 is 0 Å². The van der Waals surface area contributed by atoms with Crippen molar-refractivity contribution in [1.29, 1.82) is 0 Å². The second-order valence-electron chi connectivity index (χ2n) is 28.4. The molecule has 8 aromatic rings. The topological polar surface area (TPSA) is 6.48 Å². The summed E-state index contributed by atoms with van der Waals surface area (Å²) in [4.78, 5) is 5.51. The van der Waals surface area contributed by atoms with Crippen molar-refractivity contribution in [3.8, 4) is 22.3 Å². The first kappa shape index (κ1) is 49.7. The molecule has 5 aliphatic rings. The fourth-order valence-corrected chi connectivity index (χ4v) is 16.7. The van der Waals surface area contributed by atoms with Gasteiger partial charge < -0.3 is 9.80 Å². The maximum atomic E-state index is 2.76. The smallest absolute Gasteiger partial charge is 0.264 e. The fraction of sp³-hybridized carbons (Fsp3) is 0.389. The van der Waals surface area contributed by atoms with E-state index in [9.17, 15) is 0 Å². The molecule has 0 saturated carbocycles. The van der Waals surface area contributed by atoms with Crippen molar-refractivity contribution in [1.82, 2.24) is 0 Å². The number of nitrogens with zero attached hydrogens (tertiary/aromatic N) is 2. The maximum Gasteiger partial charge on any atom is 0.264 e. The van der Waals surface area contributed by atoms with Gasteiger partial charge in [0.2, 0.25) is 0 Å². The molecule has 0 saturated heterocycles. The monoisotopic (exact) mass is 1010 g/mol. The van der Waals surface area contributed by atoms with Gasteiger partial charge in [-0.3, -0.25) is 0 Å². The number of fused-ring (bicyclic) bond motifs is 9. The van der Waals surface area contributed by atoms with Gasteiger partial charge in [0.05, 0.1) is 11.4 Å². The van der Waals surface area contributed by atoms with Gasteiger partial charge in [-0.15, -0.1) is 11.3 Å². The zero-order valence-corrected chi connectivity index (χ0v) is 49.4. The first-order chi connectivity index (χ1) is 35.8. The van der Waals surface area contributed by atoms with E-state index in [1.54, 1.807) is 0 Å². The summed E-state index contributed by atoms with van der Waals surface area (Å²) < 4.78 is 2.86. The summed E-state index contributed by atoms with van der Waals surface area (Å²) in [7, 11) is 0. The van der Waals surface area contributed by atoms with Crippen molar-refractivity contribution in [2.24, 2.45) is 0 Å². The average molecular weight is 1020 g/mol. The van der Waals surface area contributed by atoms with Gasteiger partial charge in [-0.25, -0.2) is 0 Å². The molecule has 2 nitrogen and oxygen atoms in total. The normalized spacial score (nSPS) is 19.6. The lowest BCUT2D eigenvalue weighted by atomic mass is 9.36. The van der Waals surface area contributed by atoms with E-state index in [1.165, 1.54) is 170 Å². The highest BCUT2D eigenvalue weighted by Gasteiger charge is 2.48. The first-order valence-corrected chi connectivity index (χ1v) is 29.6. The molecule has 0 fully saturated rings. The molecule has 2 aliphatic heterocycles. The molecule has 0 spiro atoms. The zero-order valence-electron chi connectivity index (χ0n) is 48.6. The Morgan fingerprint density at radius 2 is 0.934 bits per heavy atom. The molecule has 386 valence electrons.